The summed E-state index contributed by atoms with van der Waals surface area (Å²) < 4.78 is 0. The number of phenols is 1. The van der Waals surface area contributed by atoms with Crippen LogP contribution >= 0.6 is 0 Å². The van der Waals surface area contributed by atoms with Crippen LogP contribution in [0.1, 0.15) is 43.2 Å². The SMILES string of the molecule is C[C@]12CC[C@@H]3c4ccc(O)cc4CC[C@H]3[C@@H]1[C@@H](O)[C@H](O)[C@@H]2O. The van der Waals surface area contributed by atoms with E-state index in [2.05, 4.69) is 0 Å². The van der Waals surface area contributed by atoms with Gasteiger partial charge in [0.15, 0.2) is 0 Å². The molecule has 0 saturated heterocycles. The van der Waals surface area contributed by atoms with Crippen molar-refractivity contribution in [3.63, 3.8) is 0 Å². The molecule has 0 aromatic heterocycles. The van der Waals surface area contributed by atoms with Crippen molar-refractivity contribution in [1.29, 1.82) is 0 Å². The topological polar surface area (TPSA) is 80.9 Å². The predicted octanol–water partition coefficient (Wildman–Crippen LogP) is 1.55. The molecule has 4 rings (SSSR count). The maximum atomic E-state index is 10.5. The number of benzene rings is 1. The first kappa shape index (κ1) is 14.5. The molecule has 1 aromatic carbocycles. The summed E-state index contributed by atoms with van der Waals surface area (Å²) in [7, 11) is 0. The van der Waals surface area contributed by atoms with Crippen molar-refractivity contribution < 1.29 is 20.4 Å². The van der Waals surface area contributed by atoms with Crippen molar-refractivity contribution in [2.45, 2.75) is 56.8 Å². The van der Waals surface area contributed by atoms with E-state index in [9.17, 15) is 20.4 Å². The molecule has 2 saturated carbocycles. The fraction of sp³-hybridized carbons (Fsp3) is 0.667. The first-order valence-electron chi connectivity index (χ1n) is 8.29. The van der Waals surface area contributed by atoms with Crippen molar-refractivity contribution in [3.05, 3.63) is 29.3 Å². The lowest BCUT2D eigenvalue weighted by molar-refractivity contribution is -0.0505. The summed E-state index contributed by atoms with van der Waals surface area (Å²) in [4.78, 5) is 0. The Balaban J connectivity index is 1.74. The Labute approximate surface area is 130 Å². The van der Waals surface area contributed by atoms with E-state index in [0.29, 0.717) is 11.7 Å². The normalized spacial score (nSPS) is 46.7. The number of aliphatic hydroxyl groups excluding tert-OH is 3. The average molecular weight is 304 g/mol. The summed E-state index contributed by atoms with van der Waals surface area (Å²) in [5.74, 6) is 0.898. The Bertz CT molecular complexity index is 601. The summed E-state index contributed by atoms with van der Waals surface area (Å²) in [6.07, 6.45) is 0.894. The van der Waals surface area contributed by atoms with Crippen LogP contribution in [0.4, 0.5) is 0 Å². The Morgan fingerprint density at radius 1 is 1.09 bits per heavy atom. The zero-order valence-corrected chi connectivity index (χ0v) is 12.8. The van der Waals surface area contributed by atoms with Gasteiger partial charge in [0.05, 0.1) is 12.2 Å². The van der Waals surface area contributed by atoms with Crippen molar-refractivity contribution in [2.24, 2.45) is 17.3 Å². The van der Waals surface area contributed by atoms with Crippen LogP contribution in [0.5, 0.6) is 5.75 Å². The second-order valence-electron chi connectivity index (χ2n) is 7.69. The largest absolute Gasteiger partial charge is 0.508 e. The van der Waals surface area contributed by atoms with Crippen molar-refractivity contribution in [2.75, 3.05) is 0 Å². The van der Waals surface area contributed by atoms with Gasteiger partial charge in [0.25, 0.3) is 0 Å². The molecule has 4 heteroatoms. The number of rotatable bonds is 0. The Morgan fingerprint density at radius 2 is 1.86 bits per heavy atom. The Hall–Kier alpha value is -1.10. The summed E-state index contributed by atoms with van der Waals surface area (Å²) in [6.45, 7) is 2.02. The van der Waals surface area contributed by atoms with Gasteiger partial charge in [-0.25, -0.2) is 0 Å². The van der Waals surface area contributed by atoms with Crippen LogP contribution in [0.25, 0.3) is 0 Å². The van der Waals surface area contributed by atoms with Gasteiger partial charge in [-0.15, -0.1) is 0 Å². The van der Waals surface area contributed by atoms with Gasteiger partial charge in [-0.2, -0.15) is 0 Å². The molecule has 4 nitrogen and oxygen atoms in total. The summed E-state index contributed by atoms with van der Waals surface area (Å²) >= 11 is 0. The lowest BCUT2D eigenvalue weighted by atomic mass is 9.55. The highest BCUT2D eigenvalue weighted by atomic mass is 16.4. The lowest BCUT2D eigenvalue weighted by Crippen LogP contribution is -2.46. The molecule has 22 heavy (non-hydrogen) atoms. The van der Waals surface area contributed by atoms with E-state index in [0.717, 1.165) is 25.7 Å². The van der Waals surface area contributed by atoms with Crippen LogP contribution in [0, 0.1) is 17.3 Å². The highest BCUT2D eigenvalue weighted by Crippen LogP contribution is 2.60. The van der Waals surface area contributed by atoms with E-state index in [1.807, 2.05) is 19.1 Å². The highest BCUT2D eigenvalue weighted by molar-refractivity contribution is 5.40. The molecule has 2 fully saturated rings. The average Bonchev–Trinajstić information content (AvgIpc) is 2.68. The fourth-order valence-corrected chi connectivity index (χ4v) is 5.62. The van der Waals surface area contributed by atoms with Gasteiger partial charge in [-0.1, -0.05) is 13.0 Å². The van der Waals surface area contributed by atoms with E-state index in [1.165, 1.54) is 11.1 Å². The molecule has 1 aromatic rings. The fourth-order valence-electron chi connectivity index (χ4n) is 5.62. The monoisotopic (exact) mass is 304 g/mol. The molecule has 0 heterocycles. The van der Waals surface area contributed by atoms with Crippen LogP contribution in [0.15, 0.2) is 18.2 Å². The van der Waals surface area contributed by atoms with E-state index in [-0.39, 0.29) is 11.8 Å². The van der Waals surface area contributed by atoms with Crippen molar-refractivity contribution in [3.8, 4) is 5.75 Å². The second kappa shape index (κ2) is 4.70. The van der Waals surface area contributed by atoms with Gasteiger partial charge in [-0.05, 0) is 66.7 Å². The zero-order chi connectivity index (χ0) is 15.6. The molecule has 3 aliphatic carbocycles. The minimum Gasteiger partial charge on any atom is -0.508 e. The number of hydrogen-bond donors (Lipinski definition) is 4. The van der Waals surface area contributed by atoms with Gasteiger partial charge in [-0.3, -0.25) is 0 Å². The third-order valence-electron chi connectivity index (χ3n) is 6.72. The lowest BCUT2D eigenvalue weighted by Gasteiger charge is -2.50. The second-order valence-corrected chi connectivity index (χ2v) is 7.69. The number of aryl methyl sites for hydroxylation is 1. The number of fused-ring (bicyclic) bond motifs is 5. The number of phenolic OH excluding ortho intramolecular Hbond substituents is 1. The summed E-state index contributed by atoms with van der Waals surface area (Å²) in [6, 6.07) is 5.61. The van der Waals surface area contributed by atoms with Crippen molar-refractivity contribution >= 4 is 0 Å². The molecule has 0 aliphatic heterocycles. The minimum absolute atomic E-state index is 0.0572. The van der Waals surface area contributed by atoms with Crippen LogP contribution in [-0.2, 0) is 6.42 Å². The van der Waals surface area contributed by atoms with Crippen LogP contribution in [0.2, 0.25) is 0 Å². The molecule has 0 spiro atoms. The molecule has 0 unspecified atom stereocenters. The first-order chi connectivity index (χ1) is 10.4. The maximum absolute atomic E-state index is 10.5. The van der Waals surface area contributed by atoms with E-state index >= 15 is 0 Å². The maximum Gasteiger partial charge on any atom is 0.115 e. The van der Waals surface area contributed by atoms with Crippen LogP contribution < -0.4 is 0 Å². The summed E-state index contributed by atoms with van der Waals surface area (Å²) in [5, 5.41) is 40.7. The molecule has 0 radical (unpaired) electrons. The molecular weight excluding hydrogens is 280 g/mol. The predicted molar refractivity (Wildman–Crippen MR) is 81.5 cm³/mol. The quantitative estimate of drug-likeness (QED) is 0.586. The minimum atomic E-state index is -1.03. The molecule has 4 N–H and O–H groups in total. The number of aromatic hydroxyl groups is 1. The number of hydrogen-bond acceptors (Lipinski definition) is 4. The molecule has 3 aliphatic rings. The number of aliphatic hydroxyl groups is 3. The highest BCUT2D eigenvalue weighted by Gasteiger charge is 2.62. The van der Waals surface area contributed by atoms with Gasteiger partial charge < -0.3 is 20.4 Å². The Morgan fingerprint density at radius 3 is 2.64 bits per heavy atom. The molecular formula is C18H24O4. The van der Waals surface area contributed by atoms with Gasteiger partial charge >= 0.3 is 0 Å². The molecule has 120 valence electrons. The van der Waals surface area contributed by atoms with E-state index < -0.39 is 23.7 Å². The van der Waals surface area contributed by atoms with Gasteiger partial charge in [0, 0.05) is 5.41 Å². The molecule has 0 amide bonds. The van der Waals surface area contributed by atoms with Gasteiger partial charge in [0.1, 0.15) is 11.9 Å². The van der Waals surface area contributed by atoms with E-state index in [4.69, 9.17) is 0 Å². The van der Waals surface area contributed by atoms with Crippen molar-refractivity contribution in [1.82, 2.24) is 0 Å². The third kappa shape index (κ3) is 1.75. The van der Waals surface area contributed by atoms with Crippen LogP contribution in [0.3, 0.4) is 0 Å². The molecule has 0 bridgehead atoms. The standard InChI is InChI=1S/C18H24O4/c1-18-7-6-12-11-5-3-10(19)8-9(11)2-4-13(12)14(18)15(20)16(21)17(18)22/h3,5,8,12-17,19-22H,2,4,6-7H2,1H3/t12-,13-,14-,15-,16+,17+,18+/m1/s1. The zero-order valence-electron chi connectivity index (χ0n) is 12.8. The first-order valence-corrected chi connectivity index (χ1v) is 8.29. The smallest absolute Gasteiger partial charge is 0.115 e. The van der Waals surface area contributed by atoms with Gasteiger partial charge in [0.2, 0.25) is 0 Å². The van der Waals surface area contributed by atoms with Crippen LogP contribution in [-0.4, -0.2) is 38.7 Å². The van der Waals surface area contributed by atoms with E-state index in [1.54, 1.807) is 6.07 Å². The third-order valence-corrected chi connectivity index (χ3v) is 6.72. The Kier molecular flexibility index (Phi) is 3.09. The summed E-state index contributed by atoms with van der Waals surface area (Å²) in [5.41, 5.74) is 2.09. The molecule has 7 atom stereocenters.